The summed E-state index contributed by atoms with van der Waals surface area (Å²) in [6.07, 6.45) is 1.07. The Bertz CT molecular complexity index is 489. The molecule has 1 aromatic rings. The van der Waals surface area contributed by atoms with Crippen molar-refractivity contribution in [3.8, 4) is 0 Å². The van der Waals surface area contributed by atoms with E-state index in [1.165, 1.54) is 0 Å². The minimum Gasteiger partial charge on any atom is -0.381 e. The van der Waals surface area contributed by atoms with Crippen molar-refractivity contribution < 1.29 is 14.3 Å². The van der Waals surface area contributed by atoms with Gasteiger partial charge in [-0.15, -0.1) is 0 Å². The van der Waals surface area contributed by atoms with Gasteiger partial charge in [0.1, 0.15) is 0 Å². The van der Waals surface area contributed by atoms with Gasteiger partial charge in [-0.05, 0) is 36.6 Å². The van der Waals surface area contributed by atoms with Crippen LogP contribution in [0.15, 0.2) is 28.7 Å². The van der Waals surface area contributed by atoms with Crippen LogP contribution in [0.25, 0.3) is 0 Å². The van der Waals surface area contributed by atoms with E-state index in [2.05, 4.69) is 40.4 Å². The number of rotatable bonds is 10. The van der Waals surface area contributed by atoms with E-state index >= 15 is 0 Å². The van der Waals surface area contributed by atoms with Crippen molar-refractivity contribution in [2.75, 3.05) is 26.3 Å². The van der Waals surface area contributed by atoms with Crippen LogP contribution in [-0.4, -0.2) is 38.1 Å². The number of hydrogen-bond acceptors (Lipinski definition) is 3. The molecule has 0 heterocycles. The quantitative estimate of drug-likeness (QED) is 0.609. The van der Waals surface area contributed by atoms with Crippen LogP contribution in [-0.2, 0) is 9.53 Å². The molecule has 128 valence electrons. The molecule has 0 aliphatic carbocycles. The molecule has 0 aromatic heterocycles. The Morgan fingerprint density at radius 3 is 2.48 bits per heavy atom. The predicted molar refractivity (Wildman–Crippen MR) is 94.4 cm³/mol. The normalized spacial score (nSPS) is 10.6. The number of ether oxygens (including phenoxy) is 1. The molecule has 0 aliphatic heterocycles. The summed E-state index contributed by atoms with van der Waals surface area (Å²) in [6, 6.07) is 7.08. The van der Waals surface area contributed by atoms with Gasteiger partial charge in [0.25, 0.3) is 5.91 Å². The minimum atomic E-state index is -0.174. The number of amides is 2. The molecule has 0 unspecified atom stereocenters. The van der Waals surface area contributed by atoms with E-state index in [0.717, 1.165) is 17.5 Å². The third-order valence-corrected chi connectivity index (χ3v) is 3.51. The molecule has 0 atom stereocenters. The first-order valence-corrected chi connectivity index (χ1v) is 8.66. The molecule has 0 spiro atoms. The molecule has 0 radical (unpaired) electrons. The van der Waals surface area contributed by atoms with Crippen molar-refractivity contribution in [2.45, 2.75) is 26.7 Å². The van der Waals surface area contributed by atoms with Gasteiger partial charge in [-0.1, -0.05) is 29.8 Å². The van der Waals surface area contributed by atoms with Gasteiger partial charge < -0.3 is 15.4 Å². The van der Waals surface area contributed by atoms with Crippen molar-refractivity contribution in [3.05, 3.63) is 34.3 Å². The summed E-state index contributed by atoms with van der Waals surface area (Å²) in [7, 11) is 0. The van der Waals surface area contributed by atoms with Gasteiger partial charge in [-0.2, -0.15) is 0 Å². The van der Waals surface area contributed by atoms with Crippen LogP contribution in [0.3, 0.4) is 0 Å². The Labute approximate surface area is 146 Å². The molecule has 5 nitrogen and oxygen atoms in total. The van der Waals surface area contributed by atoms with Gasteiger partial charge >= 0.3 is 0 Å². The monoisotopic (exact) mass is 384 g/mol. The molecule has 2 N–H and O–H groups in total. The zero-order chi connectivity index (χ0) is 17.1. The predicted octanol–water partition coefficient (Wildman–Crippen LogP) is 2.75. The highest BCUT2D eigenvalue weighted by molar-refractivity contribution is 9.10. The Morgan fingerprint density at radius 2 is 1.83 bits per heavy atom. The summed E-state index contributed by atoms with van der Waals surface area (Å²) in [5, 5.41) is 5.55. The van der Waals surface area contributed by atoms with E-state index in [4.69, 9.17) is 4.74 Å². The van der Waals surface area contributed by atoms with Gasteiger partial charge in [0.2, 0.25) is 5.91 Å². The zero-order valence-corrected chi connectivity index (χ0v) is 15.3. The molecule has 0 saturated heterocycles. The number of halogens is 1. The lowest BCUT2D eigenvalue weighted by atomic mass is 10.2. The summed E-state index contributed by atoms with van der Waals surface area (Å²) in [6.45, 7) is 6.52. The molecule has 6 heteroatoms. The first kappa shape index (κ1) is 19.6. The van der Waals surface area contributed by atoms with Crippen molar-refractivity contribution >= 4 is 27.7 Å². The van der Waals surface area contributed by atoms with E-state index < -0.39 is 0 Å². The fourth-order valence-corrected chi connectivity index (χ4v) is 2.07. The summed E-state index contributed by atoms with van der Waals surface area (Å²) < 4.78 is 6.36. The smallest absolute Gasteiger partial charge is 0.251 e. The number of carbonyl (C=O) groups is 2. The second-order valence-electron chi connectivity index (χ2n) is 5.69. The molecular formula is C17H25BrN2O3. The Morgan fingerprint density at radius 1 is 1.13 bits per heavy atom. The van der Waals surface area contributed by atoms with E-state index in [0.29, 0.717) is 31.2 Å². The fraction of sp³-hybridized carbons (Fsp3) is 0.529. The number of carbonyl (C=O) groups excluding carboxylic acids is 2. The molecule has 0 bridgehead atoms. The van der Waals surface area contributed by atoms with Gasteiger partial charge in [-0.25, -0.2) is 0 Å². The first-order chi connectivity index (χ1) is 11.0. The third-order valence-electron chi connectivity index (χ3n) is 2.98. The third kappa shape index (κ3) is 9.36. The second kappa shape index (κ2) is 11.2. The standard InChI is InChI=1S/C17H25BrN2O3/c1-13(2)12-23-11-3-9-19-16(21)8-10-20-17(22)14-4-6-15(18)7-5-14/h4-7,13H,3,8-12H2,1-2H3,(H,19,21)(H,20,22). The second-order valence-corrected chi connectivity index (χ2v) is 6.60. The lowest BCUT2D eigenvalue weighted by molar-refractivity contribution is -0.121. The zero-order valence-electron chi connectivity index (χ0n) is 13.7. The van der Waals surface area contributed by atoms with Gasteiger partial charge in [-0.3, -0.25) is 9.59 Å². The van der Waals surface area contributed by atoms with E-state index in [9.17, 15) is 9.59 Å². The maximum Gasteiger partial charge on any atom is 0.251 e. The molecular weight excluding hydrogens is 360 g/mol. The van der Waals surface area contributed by atoms with E-state index in [1.54, 1.807) is 12.1 Å². The average Bonchev–Trinajstić information content (AvgIpc) is 2.51. The highest BCUT2D eigenvalue weighted by Gasteiger charge is 2.06. The fourth-order valence-electron chi connectivity index (χ4n) is 1.80. The maximum atomic E-state index is 11.9. The van der Waals surface area contributed by atoms with Crippen molar-refractivity contribution in [3.63, 3.8) is 0 Å². The van der Waals surface area contributed by atoms with Crippen molar-refractivity contribution in [2.24, 2.45) is 5.92 Å². The van der Waals surface area contributed by atoms with Gasteiger partial charge in [0.15, 0.2) is 0 Å². The lowest BCUT2D eigenvalue weighted by Gasteiger charge is -2.08. The molecule has 1 aromatic carbocycles. The van der Waals surface area contributed by atoms with Crippen LogP contribution < -0.4 is 10.6 Å². The summed E-state index contributed by atoms with van der Waals surface area (Å²) >= 11 is 3.32. The van der Waals surface area contributed by atoms with Gasteiger partial charge in [0, 0.05) is 42.8 Å². The molecule has 23 heavy (non-hydrogen) atoms. The largest absolute Gasteiger partial charge is 0.381 e. The summed E-state index contributed by atoms with van der Waals surface area (Å²) in [5.74, 6) is 0.288. The minimum absolute atomic E-state index is 0.0648. The number of hydrogen-bond donors (Lipinski definition) is 2. The Kier molecular flexibility index (Phi) is 9.55. The number of nitrogens with one attached hydrogen (secondary N) is 2. The molecule has 0 aliphatic rings. The molecule has 0 saturated carbocycles. The Balaban J connectivity index is 2.07. The summed E-state index contributed by atoms with van der Waals surface area (Å²) in [4.78, 5) is 23.5. The van der Waals surface area contributed by atoms with E-state index in [1.807, 2.05) is 12.1 Å². The summed E-state index contributed by atoms with van der Waals surface area (Å²) in [5.41, 5.74) is 0.580. The van der Waals surface area contributed by atoms with Gasteiger partial charge in [0.05, 0.1) is 0 Å². The lowest BCUT2D eigenvalue weighted by Crippen LogP contribution is -2.31. The van der Waals surface area contributed by atoms with Crippen LogP contribution in [0.2, 0.25) is 0 Å². The van der Waals surface area contributed by atoms with Crippen LogP contribution in [0.1, 0.15) is 37.0 Å². The maximum absolute atomic E-state index is 11.9. The molecule has 2 amide bonds. The van der Waals surface area contributed by atoms with Crippen molar-refractivity contribution in [1.29, 1.82) is 0 Å². The Hall–Kier alpha value is -1.40. The van der Waals surface area contributed by atoms with Crippen LogP contribution in [0.4, 0.5) is 0 Å². The number of benzene rings is 1. The highest BCUT2D eigenvalue weighted by Crippen LogP contribution is 2.10. The van der Waals surface area contributed by atoms with Crippen LogP contribution in [0.5, 0.6) is 0 Å². The van der Waals surface area contributed by atoms with Crippen molar-refractivity contribution in [1.82, 2.24) is 10.6 Å². The molecule has 1 rings (SSSR count). The topological polar surface area (TPSA) is 67.4 Å². The van der Waals surface area contributed by atoms with Crippen LogP contribution >= 0.6 is 15.9 Å². The highest BCUT2D eigenvalue weighted by atomic mass is 79.9. The first-order valence-electron chi connectivity index (χ1n) is 7.87. The van der Waals surface area contributed by atoms with Crippen LogP contribution in [0, 0.1) is 5.92 Å². The molecule has 0 fully saturated rings. The average molecular weight is 385 g/mol. The SMILES string of the molecule is CC(C)COCCCNC(=O)CCNC(=O)c1ccc(Br)cc1. The van der Waals surface area contributed by atoms with E-state index in [-0.39, 0.29) is 18.2 Å².